The molecule has 13 nitrogen and oxygen atoms in total. The molecule has 0 aromatic carbocycles. The number of carboxylic acids is 1. The van der Waals surface area contributed by atoms with Crippen LogP contribution in [0.4, 0.5) is 9.52 Å². The number of nitrogens with two attached hydrogens (primary N) is 2. The van der Waals surface area contributed by atoms with Crippen molar-refractivity contribution in [1.82, 2.24) is 15.2 Å². The molecule has 3 amide bonds. The summed E-state index contributed by atoms with van der Waals surface area (Å²) >= 11 is 2.31. The molecule has 1 aromatic rings. The lowest BCUT2D eigenvalue weighted by atomic mass is 10.0. The maximum atomic E-state index is 12.9. The molecule has 0 saturated carbocycles. The Bertz CT molecular complexity index is 1190. The molecule has 37 heavy (non-hydrogen) atoms. The van der Waals surface area contributed by atoms with Crippen molar-refractivity contribution in [3.8, 4) is 0 Å². The van der Waals surface area contributed by atoms with Crippen molar-refractivity contribution in [2.24, 2.45) is 10.9 Å². The van der Waals surface area contributed by atoms with Crippen LogP contribution in [-0.4, -0.2) is 99.6 Å². The number of thiazole rings is 1. The van der Waals surface area contributed by atoms with E-state index in [1.54, 1.807) is 12.2 Å². The van der Waals surface area contributed by atoms with Gasteiger partial charge < -0.3 is 31.2 Å². The monoisotopic (exact) mass is 556 g/mol. The number of carbonyl (C=O) groups excluding carboxylic acids is 3. The van der Waals surface area contributed by atoms with E-state index in [0.717, 1.165) is 16.2 Å². The zero-order chi connectivity index (χ0) is 27.3. The average molecular weight is 557 g/mol. The van der Waals surface area contributed by atoms with Crippen molar-refractivity contribution < 1.29 is 38.0 Å². The van der Waals surface area contributed by atoms with E-state index in [4.69, 9.17) is 11.5 Å². The number of nitrogens with one attached hydrogen (secondary N) is 1. The maximum Gasteiger partial charge on any atom is 0.352 e. The minimum atomic E-state index is -1.29. The topological polar surface area (TPSA) is 190 Å². The van der Waals surface area contributed by atoms with E-state index in [1.807, 2.05) is 14.0 Å². The summed E-state index contributed by atoms with van der Waals surface area (Å²) in [7, 11) is 1.86. The first-order chi connectivity index (χ1) is 17.5. The van der Waals surface area contributed by atoms with Gasteiger partial charge in [-0.1, -0.05) is 11.2 Å². The number of thioether (sulfide) groups is 1. The van der Waals surface area contributed by atoms with Gasteiger partial charge in [-0.25, -0.2) is 14.2 Å². The van der Waals surface area contributed by atoms with Gasteiger partial charge in [0.05, 0.1) is 20.1 Å². The molecule has 1 aromatic heterocycles. The number of primary amides is 1. The van der Waals surface area contributed by atoms with E-state index in [2.05, 4.69) is 20.3 Å². The minimum Gasteiger partial charge on any atom is -0.477 e. The van der Waals surface area contributed by atoms with Crippen LogP contribution in [0.25, 0.3) is 0 Å². The first kappa shape index (κ1) is 28.1. The van der Waals surface area contributed by atoms with E-state index >= 15 is 0 Å². The largest absolute Gasteiger partial charge is 0.477 e. The first-order valence-corrected chi connectivity index (χ1v) is 12.9. The van der Waals surface area contributed by atoms with Gasteiger partial charge in [-0.2, -0.15) is 0 Å². The number of carboxylic acid groups (broad SMARTS) is 1. The number of likely N-dealkylation sites (N-methyl/N-ethyl adjacent to an activating group) is 1. The van der Waals surface area contributed by atoms with Gasteiger partial charge in [-0.05, 0) is 18.6 Å². The summed E-state index contributed by atoms with van der Waals surface area (Å²) in [6, 6.07) is -1.04. The summed E-state index contributed by atoms with van der Waals surface area (Å²) in [5, 5.41) is 16.7. The van der Waals surface area contributed by atoms with Crippen LogP contribution < -0.4 is 16.8 Å². The summed E-state index contributed by atoms with van der Waals surface area (Å²) in [5.74, 6) is -2.94. The summed E-state index contributed by atoms with van der Waals surface area (Å²) in [6.07, 6.45) is 3.38. The lowest BCUT2D eigenvalue weighted by molar-refractivity contribution is -0.894. The summed E-state index contributed by atoms with van der Waals surface area (Å²) in [5.41, 5.74) is 10.8. The number of aromatic nitrogens is 1. The number of hydrogen-bond acceptors (Lipinski definition) is 10. The van der Waals surface area contributed by atoms with E-state index in [-0.39, 0.29) is 34.5 Å². The van der Waals surface area contributed by atoms with Crippen molar-refractivity contribution in [2.45, 2.75) is 18.3 Å². The van der Waals surface area contributed by atoms with Gasteiger partial charge in [0, 0.05) is 11.1 Å². The Morgan fingerprint density at radius 2 is 2.19 bits per heavy atom. The van der Waals surface area contributed by atoms with Gasteiger partial charge in [0.1, 0.15) is 22.8 Å². The Balaban J connectivity index is 1.76. The number of oxime groups is 1. The maximum absolute atomic E-state index is 12.9. The van der Waals surface area contributed by atoms with Crippen LogP contribution in [0.3, 0.4) is 0 Å². The highest BCUT2D eigenvalue weighted by atomic mass is 32.2. The number of carbonyl (C=O) groups is 4. The van der Waals surface area contributed by atoms with Gasteiger partial charge >= 0.3 is 5.97 Å². The molecule has 0 spiro atoms. The number of amides is 3. The highest BCUT2D eigenvalue weighted by Gasteiger charge is 2.54. The SMILES string of the molecule is CC[N+](C)(C/C=C/C1=C(C(=O)O)N2C(=O)[C@@H](NC(=O)/C(=N\OCF)c3csc(N)n3)[C@H]2SC1)CC(N)=O. The second-order valence-electron chi connectivity index (χ2n) is 8.43. The van der Waals surface area contributed by atoms with Crippen LogP contribution in [0.5, 0.6) is 0 Å². The number of nitrogen functional groups attached to an aromatic ring is 1. The van der Waals surface area contributed by atoms with Crippen molar-refractivity contribution in [2.75, 3.05) is 45.0 Å². The highest BCUT2D eigenvalue weighted by Crippen LogP contribution is 2.40. The van der Waals surface area contributed by atoms with Crippen LogP contribution in [0.15, 0.2) is 34.0 Å². The van der Waals surface area contributed by atoms with Crippen LogP contribution in [0, 0.1) is 0 Å². The number of anilines is 1. The Labute approximate surface area is 219 Å². The fraction of sp³-hybridized carbons (Fsp3) is 0.429. The molecule has 3 heterocycles. The van der Waals surface area contributed by atoms with Gasteiger partial charge in [0.15, 0.2) is 17.4 Å². The number of hydrogen-bond donors (Lipinski definition) is 4. The molecule has 1 unspecified atom stereocenters. The Kier molecular flexibility index (Phi) is 8.88. The van der Waals surface area contributed by atoms with Gasteiger partial charge in [-0.15, -0.1) is 23.1 Å². The Hall–Kier alpha value is -3.50. The predicted octanol–water partition coefficient (Wildman–Crippen LogP) is -0.380. The summed E-state index contributed by atoms with van der Waals surface area (Å²) < 4.78 is 12.8. The van der Waals surface area contributed by atoms with E-state index in [0.29, 0.717) is 23.1 Å². The smallest absolute Gasteiger partial charge is 0.352 e. The standard InChI is InChI=1S/C21H26FN7O6S2/c1-3-29(2,7-13(23)30)6-4-5-11-8-36-19-15(18(32)28(19)16(11)20(33)34)26-17(31)14(27-35-10-22)12-9-37-21(24)25-12/h4-5,9,15,19H,3,6-8,10H2,1-2H3,(H5-,23,24,25,26,30,31,33,34)/p+1/b5-4+,27-14-/t15-,19-,29?/m1/s1. The molecule has 0 bridgehead atoms. The molecular weight excluding hydrogens is 529 g/mol. The average Bonchev–Trinajstić information content (AvgIpc) is 3.27. The molecule has 1 saturated heterocycles. The number of nitrogens with zero attached hydrogens (tertiary/aromatic N) is 4. The number of allylic oxidation sites excluding steroid dienone is 1. The zero-order valence-corrected chi connectivity index (χ0v) is 21.7. The number of quaternary nitrogens is 1. The molecule has 0 radical (unpaired) electrons. The van der Waals surface area contributed by atoms with E-state index in [1.165, 1.54) is 17.1 Å². The lowest BCUT2D eigenvalue weighted by Crippen LogP contribution is -2.71. The predicted molar refractivity (Wildman–Crippen MR) is 135 cm³/mol. The van der Waals surface area contributed by atoms with Crippen LogP contribution in [0.1, 0.15) is 12.6 Å². The first-order valence-electron chi connectivity index (χ1n) is 11.0. The second-order valence-corrected chi connectivity index (χ2v) is 10.4. The van der Waals surface area contributed by atoms with Crippen molar-refractivity contribution >= 4 is 57.6 Å². The summed E-state index contributed by atoms with van der Waals surface area (Å²) in [6.45, 7) is 1.82. The third kappa shape index (κ3) is 6.26. The van der Waals surface area contributed by atoms with Crippen molar-refractivity contribution in [3.63, 3.8) is 0 Å². The number of rotatable bonds is 12. The molecule has 200 valence electrons. The Morgan fingerprint density at radius 1 is 1.46 bits per heavy atom. The third-order valence-electron chi connectivity index (χ3n) is 5.84. The van der Waals surface area contributed by atoms with Crippen LogP contribution in [0.2, 0.25) is 0 Å². The molecular formula is C21H27FN7O6S2+. The second kappa shape index (κ2) is 11.7. The fourth-order valence-corrected chi connectivity index (χ4v) is 5.67. The lowest BCUT2D eigenvalue weighted by Gasteiger charge is -2.49. The summed E-state index contributed by atoms with van der Waals surface area (Å²) in [4.78, 5) is 58.6. The Morgan fingerprint density at radius 3 is 2.76 bits per heavy atom. The molecule has 1 fully saturated rings. The fourth-order valence-electron chi connectivity index (χ4n) is 3.80. The van der Waals surface area contributed by atoms with Gasteiger partial charge in [0.25, 0.3) is 24.6 Å². The molecule has 3 atom stereocenters. The molecule has 2 aliphatic rings. The number of aliphatic carboxylic acids is 1. The van der Waals surface area contributed by atoms with E-state index in [9.17, 15) is 28.7 Å². The molecule has 16 heteroatoms. The number of β-lactam (4-membered cyclic amide) rings is 1. The van der Waals surface area contributed by atoms with Crippen LogP contribution >= 0.6 is 23.1 Å². The van der Waals surface area contributed by atoms with Gasteiger partial charge in [-0.3, -0.25) is 19.3 Å². The van der Waals surface area contributed by atoms with E-state index < -0.39 is 42.0 Å². The number of halogens is 1. The molecule has 2 aliphatic heterocycles. The third-order valence-corrected chi connectivity index (χ3v) is 7.81. The van der Waals surface area contributed by atoms with Crippen molar-refractivity contribution in [1.29, 1.82) is 0 Å². The van der Waals surface area contributed by atoms with Crippen LogP contribution in [-0.2, 0) is 24.0 Å². The molecule has 6 N–H and O–H groups in total. The molecule has 3 rings (SSSR count). The quantitative estimate of drug-likeness (QED) is 0.115. The highest BCUT2D eigenvalue weighted by molar-refractivity contribution is 8.00. The number of alkyl halides is 1. The minimum absolute atomic E-state index is 0.0423. The zero-order valence-electron chi connectivity index (χ0n) is 20.0. The number of fused-ring (bicyclic) bond motifs is 1. The normalized spacial score (nSPS) is 21.3. The van der Waals surface area contributed by atoms with Gasteiger partial charge in [0.2, 0.25) is 0 Å². The van der Waals surface area contributed by atoms with Crippen molar-refractivity contribution in [3.05, 3.63) is 34.5 Å². The molecule has 0 aliphatic carbocycles.